The Hall–Kier alpha value is -1.93. The average Bonchev–Trinajstić information content (AvgIpc) is 3.03. The summed E-state index contributed by atoms with van der Waals surface area (Å²) in [6, 6.07) is 7.90. The maximum absolute atomic E-state index is 11.8. The molecule has 0 spiro atoms. The number of aromatic nitrogens is 3. The van der Waals surface area contributed by atoms with Crippen LogP contribution in [0.5, 0.6) is 0 Å². The Balaban J connectivity index is 1.61. The summed E-state index contributed by atoms with van der Waals surface area (Å²) in [5, 5.41) is 9.85. The van der Waals surface area contributed by atoms with Crippen molar-refractivity contribution in [1.29, 1.82) is 0 Å². The zero-order chi connectivity index (χ0) is 13.9. The highest BCUT2D eigenvalue weighted by molar-refractivity contribution is 8.01. The molecule has 0 unspecified atom stereocenters. The SMILES string of the molecule is Cc1nonc1NC(=O)CSc1nc2ccccc2s1. The van der Waals surface area contributed by atoms with Gasteiger partial charge in [-0.25, -0.2) is 9.61 Å². The third-order valence-electron chi connectivity index (χ3n) is 2.51. The number of rotatable bonds is 4. The van der Waals surface area contributed by atoms with Gasteiger partial charge in [0.2, 0.25) is 5.91 Å². The largest absolute Gasteiger partial charge is 0.306 e. The number of nitrogens with zero attached hydrogens (tertiary/aromatic N) is 3. The topological polar surface area (TPSA) is 80.9 Å². The molecular weight excluding hydrogens is 296 g/mol. The van der Waals surface area contributed by atoms with Crippen LogP contribution in [0, 0.1) is 6.92 Å². The van der Waals surface area contributed by atoms with E-state index >= 15 is 0 Å². The molecule has 1 aromatic carbocycles. The molecule has 1 N–H and O–H groups in total. The average molecular weight is 306 g/mol. The Kier molecular flexibility index (Phi) is 3.66. The molecule has 2 aromatic heterocycles. The van der Waals surface area contributed by atoms with Crippen LogP contribution in [-0.2, 0) is 4.79 Å². The Bertz CT molecular complexity index is 720. The Morgan fingerprint density at radius 1 is 1.40 bits per heavy atom. The summed E-state index contributed by atoms with van der Waals surface area (Å²) in [5.74, 6) is 0.472. The monoisotopic (exact) mass is 306 g/mol. The van der Waals surface area contributed by atoms with Crippen LogP contribution in [0.25, 0.3) is 10.2 Å². The van der Waals surface area contributed by atoms with Crippen LogP contribution in [0.1, 0.15) is 5.69 Å². The van der Waals surface area contributed by atoms with E-state index in [0.717, 1.165) is 14.6 Å². The van der Waals surface area contributed by atoms with Gasteiger partial charge in [-0.2, -0.15) is 0 Å². The molecule has 0 bridgehead atoms. The lowest BCUT2D eigenvalue weighted by molar-refractivity contribution is -0.113. The van der Waals surface area contributed by atoms with Gasteiger partial charge in [0.1, 0.15) is 5.69 Å². The molecule has 3 aromatic rings. The summed E-state index contributed by atoms with van der Waals surface area (Å²) in [5.41, 5.74) is 1.51. The van der Waals surface area contributed by atoms with Crippen molar-refractivity contribution in [2.45, 2.75) is 11.3 Å². The van der Waals surface area contributed by atoms with Crippen molar-refractivity contribution >= 4 is 45.0 Å². The second kappa shape index (κ2) is 5.59. The number of amides is 1. The van der Waals surface area contributed by atoms with Crippen LogP contribution in [0.2, 0.25) is 0 Å². The molecule has 3 rings (SSSR count). The van der Waals surface area contributed by atoms with Gasteiger partial charge in [-0.1, -0.05) is 29.1 Å². The first kappa shape index (κ1) is 13.1. The van der Waals surface area contributed by atoms with Crippen LogP contribution < -0.4 is 5.32 Å². The third kappa shape index (κ3) is 2.81. The molecule has 8 heteroatoms. The predicted molar refractivity (Wildman–Crippen MR) is 78.0 cm³/mol. The van der Waals surface area contributed by atoms with Crippen molar-refractivity contribution in [3.8, 4) is 0 Å². The molecule has 0 aliphatic rings. The van der Waals surface area contributed by atoms with E-state index in [2.05, 4.69) is 25.2 Å². The van der Waals surface area contributed by atoms with Crippen molar-refractivity contribution < 1.29 is 9.42 Å². The lowest BCUT2D eigenvalue weighted by Crippen LogP contribution is -2.14. The van der Waals surface area contributed by atoms with Gasteiger partial charge in [-0.05, 0) is 24.2 Å². The van der Waals surface area contributed by atoms with Gasteiger partial charge in [0.15, 0.2) is 10.2 Å². The number of fused-ring (bicyclic) bond motifs is 1. The number of nitrogens with one attached hydrogen (secondary N) is 1. The van der Waals surface area contributed by atoms with Gasteiger partial charge in [0.25, 0.3) is 0 Å². The fraction of sp³-hybridized carbons (Fsp3) is 0.167. The maximum atomic E-state index is 11.8. The van der Waals surface area contributed by atoms with E-state index in [9.17, 15) is 4.79 Å². The van der Waals surface area contributed by atoms with Gasteiger partial charge in [0.05, 0.1) is 16.0 Å². The van der Waals surface area contributed by atoms with Crippen molar-refractivity contribution in [3.63, 3.8) is 0 Å². The second-order valence-corrected chi connectivity index (χ2v) is 6.24. The highest BCUT2D eigenvalue weighted by atomic mass is 32.2. The van der Waals surface area contributed by atoms with Crippen molar-refractivity contribution in [1.82, 2.24) is 15.3 Å². The minimum Gasteiger partial charge on any atom is -0.306 e. The minimum absolute atomic E-state index is 0.159. The molecule has 20 heavy (non-hydrogen) atoms. The number of anilines is 1. The standard InChI is InChI=1S/C12H10N4O2S2/c1-7-11(16-18-15-7)14-10(17)6-19-12-13-8-4-2-3-5-9(8)20-12/h2-5H,6H2,1H3,(H,14,16,17). The van der Waals surface area contributed by atoms with Gasteiger partial charge < -0.3 is 5.32 Å². The van der Waals surface area contributed by atoms with Crippen molar-refractivity contribution in [3.05, 3.63) is 30.0 Å². The molecule has 102 valence electrons. The molecule has 6 nitrogen and oxygen atoms in total. The van der Waals surface area contributed by atoms with Gasteiger partial charge in [0, 0.05) is 0 Å². The highest BCUT2D eigenvalue weighted by Crippen LogP contribution is 2.29. The van der Waals surface area contributed by atoms with Crippen LogP contribution >= 0.6 is 23.1 Å². The summed E-state index contributed by atoms with van der Waals surface area (Å²) < 4.78 is 6.51. The zero-order valence-corrected chi connectivity index (χ0v) is 12.1. The van der Waals surface area contributed by atoms with Crippen LogP contribution in [0.15, 0.2) is 33.2 Å². The number of thioether (sulfide) groups is 1. The summed E-state index contributed by atoms with van der Waals surface area (Å²) in [4.78, 5) is 16.2. The predicted octanol–water partition coefficient (Wildman–Crippen LogP) is 2.72. The molecule has 0 atom stereocenters. The molecule has 0 radical (unpaired) electrons. The third-order valence-corrected chi connectivity index (χ3v) is 4.69. The summed E-state index contributed by atoms with van der Waals surface area (Å²) in [6.45, 7) is 1.72. The number of para-hydroxylation sites is 1. The number of thiazole rings is 1. The normalized spacial score (nSPS) is 10.8. The highest BCUT2D eigenvalue weighted by Gasteiger charge is 2.11. The van der Waals surface area contributed by atoms with Crippen LogP contribution in [-0.4, -0.2) is 27.0 Å². The first-order valence-electron chi connectivity index (χ1n) is 5.80. The van der Waals surface area contributed by atoms with Gasteiger partial charge in [-0.3, -0.25) is 4.79 Å². The number of carbonyl (C=O) groups excluding carboxylic acids is 1. The zero-order valence-electron chi connectivity index (χ0n) is 10.5. The minimum atomic E-state index is -0.159. The van der Waals surface area contributed by atoms with Crippen LogP contribution in [0.3, 0.4) is 0 Å². The van der Waals surface area contributed by atoms with Crippen molar-refractivity contribution in [2.24, 2.45) is 0 Å². The molecule has 0 aliphatic heterocycles. The number of carbonyl (C=O) groups is 1. The lowest BCUT2D eigenvalue weighted by atomic mass is 10.3. The molecular formula is C12H10N4O2S2. The first-order valence-corrected chi connectivity index (χ1v) is 7.60. The van der Waals surface area contributed by atoms with E-state index in [1.54, 1.807) is 18.3 Å². The van der Waals surface area contributed by atoms with E-state index in [1.807, 2.05) is 24.3 Å². The Labute approximate surface area is 122 Å². The quantitative estimate of drug-likeness (QED) is 0.746. The molecule has 0 fully saturated rings. The molecule has 0 aliphatic carbocycles. The number of aryl methyl sites for hydroxylation is 1. The molecule has 2 heterocycles. The van der Waals surface area contributed by atoms with E-state index < -0.39 is 0 Å². The molecule has 0 saturated heterocycles. The fourth-order valence-electron chi connectivity index (χ4n) is 1.55. The maximum Gasteiger partial charge on any atom is 0.236 e. The number of hydrogen-bond donors (Lipinski definition) is 1. The Morgan fingerprint density at radius 2 is 2.25 bits per heavy atom. The van der Waals surface area contributed by atoms with E-state index in [1.165, 1.54) is 11.8 Å². The summed E-state index contributed by atoms with van der Waals surface area (Å²) >= 11 is 2.97. The second-order valence-electron chi connectivity index (χ2n) is 3.98. The Morgan fingerprint density at radius 3 is 3.00 bits per heavy atom. The number of hydrogen-bond acceptors (Lipinski definition) is 7. The van der Waals surface area contributed by atoms with Crippen molar-refractivity contribution in [2.75, 3.05) is 11.1 Å². The number of benzene rings is 1. The van der Waals surface area contributed by atoms with E-state index in [4.69, 9.17) is 0 Å². The smallest absolute Gasteiger partial charge is 0.236 e. The van der Waals surface area contributed by atoms with Gasteiger partial charge >= 0.3 is 0 Å². The van der Waals surface area contributed by atoms with E-state index in [-0.39, 0.29) is 11.7 Å². The first-order chi connectivity index (χ1) is 9.72. The van der Waals surface area contributed by atoms with E-state index in [0.29, 0.717) is 11.5 Å². The molecule has 0 saturated carbocycles. The van der Waals surface area contributed by atoms with Gasteiger partial charge in [-0.15, -0.1) is 11.3 Å². The fourth-order valence-corrected chi connectivity index (χ4v) is 3.42. The summed E-state index contributed by atoms with van der Waals surface area (Å²) in [7, 11) is 0. The molecule has 1 amide bonds. The lowest BCUT2D eigenvalue weighted by Gasteiger charge is -1.99. The summed E-state index contributed by atoms with van der Waals surface area (Å²) in [6.07, 6.45) is 0. The van der Waals surface area contributed by atoms with Crippen LogP contribution in [0.4, 0.5) is 5.82 Å².